The molecule has 0 atom stereocenters. The Kier molecular flexibility index (Phi) is 20.3. The van der Waals surface area contributed by atoms with Gasteiger partial charge in [-0.15, -0.1) is 0 Å². The van der Waals surface area contributed by atoms with Crippen molar-refractivity contribution in [2.75, 3.05) is 24.6 Å². The molecule has 0 bridgehead atoms. The number of hydrogen-bond acceptors (Lipinski definition) is 0. The average molecular weight is 956 g/mol. The summed E-state index contributed by atoms with van der Waals surface area (Å²) in [7, 11) is -1.13. The zero-order valence-corrected chi connectivity index (χ0v) is 40.5. The van der Waals surface area contributed by atoms with E-state index in [-0.39, 0.29) is 51.2 Å². The summed E-state index contributed by atoms with van der Waals surface area (Å²) in [5.41, 5.74) is 0. The van der Waals surface area contributed by atoms with Gasteiger partial charge in [0.2, 0.25) is 0 Å². The molecule has 0 nitrogen and oxygen atoms in total. The first-order chi connectivity index (χ1) is 29.8. The van der Waals surface area contributed by atoms with Gasteiger partial charge in [-0.05, 0) is 124 Å². The number of rotatable bonds is 18. The van der Waals surface area contributed by atoms with Crippen molar-refractivity contribution in [3.05, 3.63) is 243 Å². The smallest absolute Gasteiger partial charge is 0.0195 e. The van der Waals surface area contributed by atoms with Gasteiger partial charge in [-0.1, -0.05) is 243 Å². The maximum Gasteiger partial charge on any atom is -0.0195 e. The van der Waals surface area contributed by atoms with Gasteiger partial charge in [-0.25, -0.2) is 0 Å². The molecule has 0 amide bonds. The predicted molar refractivity (Wildman–Crippen MR) is 277 cm³/mol. The molecular formula is C56H58P4Ru. The Morgan fingerprint density at radius 1 is 0.180 bits per heavy atom. The van der Waals surface area contributed by atoms with Crippen LogP contribution in [0.25, 0.3) is 0 Å². The van der Waals surface area contributed by atoms with E-state index >= 15 is 0 Å². The molecule has 0 N–H and O–H groups in total. The third kappa shape index (κ3) is 14.6. The van der Waals surface area contributed by atoms with E-state index in [1.807, 2.05) is 0 Å². The van der Waals surface area contributed by atoms with Crippen molar-refractivity contribution >= 4 is 74.1 Å². The van der Waals surface area contributed by atoms with Gasteiger partial charge in [-0.3, -0.25) is 0 Å². The van der Waals surface area contributed by atoms with Crippen LogP contribution in [0.5, 0.6) is 0 Å². The van der Waals surface area contributed by atoms with Crippen LogP contribution in [0.2, 0.25) is 0 Å². The summed E-state index contributed by atoms with van der Waals surface area (Å²) in [6, 6.07) is 88.7. The van der Waals surface area contributed by atoms with Crippen LogP contribution in [0, 0.1) is 0 Å². The van der Waals surface area contributed by atoms with Crippen molar-refractivity contribution in [1.29, 1.82) is 0 Å². The molecule has 0 aliphatic rings. The molecule has 310 valence electrons. The second-order valence-corrected chi connectivity index (χ2v) is 24.0. The third-order valence-electron chi connectivity index (χ3n) is 10.6. The van der Waals surface area contributed by atoms with Crippen molar-refractivity contribution in [2.45, 2.75) is 25.7 Å². The summed E-state index contributed by atoms with van der Waals surface area (Å²) in [5, 5.41) is 11.9. The summed E-state index contributed by atoms with van der Waals surface area (Å²) >= 11 is 0. The maximum absolute atomic E-state index is 2.31. The van der Waals surface area contributed by atoms with Crippen LogP contribution >= 0.6 is 31.7 Å². The third-order valence-corrected chi connectivity index (χ3v) is 21.0. The van der Waals surface area contributed by atoms with E-state index < -0.39 is 0 Å². The van der Waals surface area contributed by atoms with Gasteiger partial charge in [0.15, 0.2) is 0 Å². The Morgan fingerprint density at radius 2 is 0.295 bits per heavy atom. The molecule has 0 heterocycles. The predicted octanol–water partition coefficient (Wildman–Crippen LogP) is 11.5. The Bertz CT molecular complexity index is 1820. The van der Waals surface area contributed by atoms with Gasteiger partial charge in [0.25, 0.3) is 0 Å². The second-order valence-electron chi connectivity index (χ2n) is 14.7. The minimum absolute atomic E-state index is 0. The molecule has 5 heteroatoms. The van der Waals surface area contributed by atoms with Crippen LogP contribution in [0.4, 0.5) is 0 Å². The number of hydrogen-bond donors (Lipinski definition) is 0. The Labute approximate surface area is 384 Å². The quantitative estimate of drug-likeness (QED) is 0.0457. The van der Waals surface area contributed by atoms with Gasteiger partial charge >= 0.3 is 19.5 Å². The first-order valence-electron chi connectivity index (χ1n) is 21.3. The summed E-state index contributed by atoms with van der Waals surface area (Å²) in [5.74, 6) is 0. The zero-order chi connectivity index (χ0) is 40.9. The van der Waals surface area contributed by atoms with E-state index in [2.05, 4.69) is 243 Å². The van der Waals surface area contributed by atoms with E-state index in [0.29, 0.717) is 0 Å². The first kappa shape index (κ1) is 46.6. The molecule has 0 aromatic heterocycles. The normalized spacial score (nSPS) is 11.0. The van der Waals surface area contributed by atoms with Crippen molar-refractivity contribution in [1.82, 2.24) is 0 Å². The molecule has 0 radical (unpaired) electrons. The molecule has 0 unspecified atom stereocenters. The fourth-order valence-corrected chi connectivity index (χ4v) is 17.2. The minimum Gasteiger partial charge on any atom is -0.0622 e. The molecule has 0 aliphatic carbocycles. The van der Waals surface area contributed by atoms with E-state index in [0.717, 1.165) is 0 Å². The SMILES string of the molecule is [RuH2].c1ccc(P(CCCCP(c2ccccc2)c2ccccc2)c2ccccc2)cc1.c1ccc(P(CCCCP(c2ccccc2)c2ccccc2)c2ccccc2)cc1. The van der Waals surface area contributed by atoms with E-state index in [1.165, 1.54) is 92.8 Å². The van der Waals surface area contributed by atoms with Gasteiger partial charge in [0, 0.05) is 0 Å². The zero-order valence-electron chi connectivity index (χ0n) is 34.9. The van der Waals surface area contributed by atoms with E-state index in [9.17, 15) is 0 Å². The van der Waals surface area contributed by atoms with Crippen LogP contribution in [0.3, 0.4) is 0 Å². The molecule has 0 saturated heterocycles. The monoisotopic (exact) mass is 956 g/mol. The van der Waals surface area contributed by atoms with Crippen LogP contribution < -0.4 is 42.4 Å². The number of benzene rings is 8. The second kappa shape index (κ2) is 26.5. The Hall–Kier alpha value is -3.90. The van der Waals surface area contributed by atoms with Gasteiger partial charge in [0.05, 0.1) is 0 Å². The Balaban J connectivity index is 0.000000201. The molecule has 0 spiro atoms. The summed E-state index contributed by atoms with van der Waals surface area (Å²) in [6.45, 7) is 0. The van der Waals surface area contributed by atoms with Crippen LogP contribution in [-0.2, 0) is 19.5 Å². The first-order valence-corrected chi connectivity index (χ1v) is 27.4. The van der Waals surface area contributed by atoms with Crippen LogP contribution in [-0.4, -0.2) is 24.6 Å². The molecule has 8 aromatic carbocycles. The van der Waals surface area contributed by atoms with Gasteiger partial charge in [-0.2, -0.15) is 0 Å². The largest absolute Gasteiger partial charge is 0.0622 e. The van der Waals surface area contributed by atoms with Gasteiger partial charge in [0.1, 0.15) is 0 Å². The summed E-state index contributed by atoms with van der Waals surface area (Å²) in [4.78, 5) is 0. The van der Waals surface area contributed by atoms with Crippen LogP contribution in [0.15, 0.2) is 243 Å². The van der Waals surface area contributed by atoms with Crippen molar-refractivity contribution in [3.8, 4) is 0 Å². The average Bonchev–Trinajstić information content (AvgIpc) is 3.34. The summed E-state index contributed by atoms with van der Waals surface area (Å²) < 4.78 is 0. The summed E-state index contributed by atoms with van der Waals surface area (Å²) in [6.07, 6.45) is 10.1. The minimum atomic E-state index is -0.283. The van der Waals surface area contributed by atoms with Gasteiger partial charge < -0.3 is 0 Å². The van der Waals surface area contributed by atoms with Crippen molar-refractivity contribution in [2.24, 2.45) is 0 Å². The maximum atomic E-state index is 2.31. The number of unbranched alkanes of at least 4 members (excludes halogenated alkanes) is 2. The molecule has 0 fully saturated rings. The van der Waals surface area contributed by atoms with Crippen molar-refractivity contribution in [3.63, 3.8) is 0 Å². The molecular weight excluding hydrogens is 898 g/mol. The topological polar surface area (TPSA) is 0 Å². The Morgan fingerprint density at radius 3 is 0.410 bits per heavy atom. The fourth-order valence-electron chi connectivity index (χ4n) is 7.57. The molecule has 0 aliphatic heterocycles. The van der Waals surface area contributed by atoms with Crippen LogP contribution in [0.1, 0.15) is 25.7 Å². The fraction of sp³-hybridized carbons (Fsp3) is 0.143. The van der Waals surface area contributed by atoms with Crippen molar-refractivity contribution < 1.29 is 19.5 Å². The molecule has 61 heavy (non-hydrogen) atoms. The molecule has 8 aromatic rings. The van der Waals surface area contributed by atoms with E-state index in [4.69, 9.17) is 0 Å². The molecule has 8 rings (SSSR count). The standard InChI is InChI=1S/2C28H28P2.Ru.2H/c2*1-5-15-25(16-6-1)29(26-17-7-2-8-18-26)23-13-14-24-30(27-19-9-3-10-20-27)28-21-11-4-12-22-28;;;/h2*1-12,15-22H,13-14,23-24H2;;;. The van der Waals surface area contributed by atoms with E-state index in [1.54, 1.807) is 0 Å². The molecule has 0 saturated carbocycles.